The molecule has 0 aromatic heterocycles. The molecule has 1 radical (unpaired) electrons. The Bertz CT molecular complexity index is 167. The van der Waals surface area contributed by atoms with Crippen LogP contribution < -0.4 is 0 Å². The topological polar surface area (TPSA) is 0 Å². The van der Waals surface area contributed by atoms with Gasteiger partial charge in [0.2, 0.25) is 0 Å². The van der Waals surface area contributed by atoms with Gasteiger partial charge in [0.1, 0.15) is 0 Å². The molecule has 1 aliphatic carbocycles. The van der Waals surface area contributed by atoms with Gasteiger partial charge in [0.15, 0.2) is 0 Å². The first-order valence-corrected chi connectivity index (χ1v) is 8.67. The molecule has 1 fully saturated rings. The highest BCUT2D eigenvalue weighted by Crippen LogP contribution is 2.33. The molecule has 0 amide bonds. The van der Waals surface area contributed by atoms with Gasteiger partial charge in [-0.05, 0) is 18.8 Å². The van der Waals surface area contributed by atoms with E-state index >= 15 is 0 Å². The zero-order valence-corrected chi connectivity index (χ0v) is 12.8. The fourth-order valence-electron chi connectivity index (χ4n) is 3.38. The Morgan fingerprint density at radius 3 is 1.89 bits per heavy atom. The minimum atomic E-state index is 0.761. The highest BCUT2D eigenvalue weighted by Gasteiger charge is 2.20. The maximum Gasteiger partial charge on any atom is -0.0386 e. The molecule has 0 saturated heterocycles. The maximum absolute atomic E-state index is 4.39. The van der Waals surface area contributed by atoms with Crippen molar-refractivity contribution in [1.29, 1.82) is 0 Å². The Hall–Kier alpha value is 0. The molecule has 0 aromatic carbocycles. The minimum absolute atomic E-state index is 0.761. The van der Waals surface area contributed by atoms with E-state index in [1.54, 1.807) is 0 Å². The van der Waals surface area contributed by atoms with Gasteiger partial charge in [-0.1, -0.05) is 96.8 Å². The fraction of sp³-hybridized carbons (Fsp3) is 0.944. The molecule has 1 saturated carbocycles. The third-order valence-corrected chi connectivity index (χ3v) is 4.74. The largest absolute Gasteiger partial charge is 0.0654 e. The Labute approximate surface area is 116 Å². The van der Waals surface area contributed by atoms with Crippen LogP contribution in [0.5, 0.6) is 0 Å². The minimum Gasteiger partial charge on any atom is -0.0654 e. The van der Waals surface area contributed by atoms with Crippen molar-refractivity contribution in [1.82, 2.24) is 0 Å². The van der Waals surface area contributed by atoms with Crippen molar-refractivity contribution in [2.24, 2.45) is 11.8 Å². The molecule has 0 aliphatic heterocycles. The van der Waals surface area contributed by atoms with Crippen LogP contribution in [0.3, 0.4) is 0 Å². The molecule has 0 nitrogen and oxygen atoms in total. The molecule has 0 bridgehead atoms. The van der Waals surface area contributed by atoms with Crippen LogP contribution in [0.2, 0.25) is 0 Å². The van der Waals surface area contributed by atoms with E-state index < -0.39 is 0 Å². The first kappa shape index (κ1) is 16.1. The third-order valence-electron chi connectivity index (χ3n) is 4.74. The average molecular weight is 251 g/mol. The molecule has 0 spiro atoms. The van der Waals surface area contributed by atoms with Crippen molar-refractivity contribution in [2.75, 3.05) is 0 Å². The number of rotatable bonds is 11. The van der Waals surface area contributed by atoms with Gasteiger partial charge >= 0.3 is 0 Å². The van der Waals surface area contributed by atoms with E-state index in [4.69, 9.17) is 0 Å². The molecular formula is C18H35. The van der Waals surface area contributed by atoms with Gasteiger partial charge in [-0.2, -0.15) is 0 Å². The summed E-state index contributed by atoms with van der Waals surface area (Å²) < 4.78 is 0. The van der Waals surface area contributed by atoms with E-state index in [9.17, 15) is 0 Å². The predicted molar refractivity (Wildman–Crippen MR) is 82.6 cm³/mol. The lowest BCUT2D eigenvalue weighted by Crippen LogP contribution is -2.07. The number of hydrogen-bond donors (Lipinski definition) is 0. The molecule has 18 heavy (non-hydrogen) atoms. The molecule has 1 rings (SSSR count). The van der Waals surface area contributed by atoms with Crippen LogP contribution in [0, 0.1) is 18.8 Å². The highest BCUT2D eigenvalue weighted by molar-refractivity contribution is 4.76. The Morgan fingerprint density at radius 2 is 1.33 bits per heavy atom. The lowest BCUT2D eigenvalue weighted by molar-refractivity contribution is 0.365. The summed E-state index contributed by atoms with van der Waals surface area (Å²) in [7, 11) is 0. The van der Waals surface area contributed by atoms with Crippen LogP contribution in [0.4, 0.5) is 0 Å². The number of hydrogen-bond acceptors (Lipinski definition) is 0. The van der Waals surface area contributed by atoms with Crippen molar-refractivity contribution >= 4 is 0 Å². The fourth-order valence-corrected chi connectivity index (χ4v) is 3.38. The molecule has 1 aliphatic rings. The van der Waals surface area contributed by atoms with Crippen LogP contribution in [0.25, 0.3) is 0 Å². The lowest BCUT2D eigenvalue weighted by Gasteiger charge is -2.18. The van der Waals surface area contributed by atoms with E-state index in [-0.39, 0.29) is 0 Å². The second-order valence-electron chi connectivity index (χ2n) is 6.42. The standard InChI is InChI=1S/C18H35/c1-3-4-5-6-7-8-9-10-11-14-17(2)18-15-12-13-16-18/h17-18H,2-16H2,1H3. The summed E-state index contributed by atoms with van der Waals surface area (Å²) in [4.78, 5) is 0. The van der Waals surface area contributed by atoms with E-state index in [1.807, 2.05) is 0 Å². The van der Waals surface area contributed by atoms with Crippen molar-refractivity contribution in [3.05, 3.63) is 6.92 Å². The van der Waals surface area contributed by atoms with E-state index in [1.165, 1.54) is 89.9 Å². The summed E-state index contributed by atoms with van der Waals surface area (Å²) >= 11 is 0. The number of unbranched alkanes of at least 4 members (excludes halogenated alkanes) is 8. The van der Waals surface area contributed by atoms with Crippen molar-refractivity contribution < 1.29 is 0 Å². The summed E-state index contributed by atoms with van der Waals surface area (Å²) in [6.45, 7) is 6.68. The summed E-state index contributed by atoms with van der Waals surface area (Å²) in [5.74, 6) is 1.73. The van der Waals surface area contributed by atoms with E-state index in [2.05, 4.69) is 13.8 Å². The quantitative estimate of drug-likeness (QED) is 0.365. The zero-order chi connectivity index (χ0) is 13.1. The Morgan fingerprint density at radius 1 is 0.833 bits per heavy atom. The second-order valence-corrected chi connectivity index (χ2v) is 6.42. The van der Waals surface area contributed by atoms with Crippen molar-refractivity contribution in [3.8, 4) is 0 Å². The van der Waals surface area contributed by atoms with Crippen LogP contribution in [0.15, 0.2) is 0 Å². The van der Waals surface area contributed by atoms with Gasteiger partial charge in [0.25, 0.3) is 0 Å². The smallest absolute Gasteiger partial charge is 0.0386 e. The van der Waals surface area contributed by atoms with Gasteiger partial charge in [0, 0.05) is 0 Å². The van der Waals surface area contributed by atoms with Crippen molar-refractivity contribution in [2.45, 2.75) is 96.8 Å². The van der Waals surface area contributed by atoms with Gasteiger partial charge in [-0.15, -0.1) is 0 Å². The molecule has 0 heteroatoms. The molecule has 0 N–H and O–H groups in total. The molecule has 0 heterocycles. The van der Waals surface area contributed by atoms with E-state index in [0.717, 1.165) is 11.8 Å². The third kappa shape index (κ3) is 7.44. The summed E-state index contributed by atoms with van der Waals surface area (Å²) in [6.07, 6.45) is 20.3. The highest BCUT2D eigenvalue weighted by atomic mass is 14.3. The normalized spacial score (nSPS) is 18.3. The zero-order valence-electron chi connectivity index (χ0n) is 12.8. The van der Waals surface area contributed by atoms with E-state index in [0.29, 0.717) is 0 Å². The van der Waals surface area contributed by atoms with Gasteiger partial charge < -0.3 is 0 Å². The lowest BCUT2D eigenvalue weighted by atomic mass is 9.88. The summed E-state index contributed by atoms with van der Waals surface area (Å²) in [5, 5.41) is 0. The van der Waals surface area contributed by atoms with Crippen molar-refractivity contribution in [3.63, 3.8) is 0 Å². The van der Waals surface area contributed by atoms with Crippen LogP contribution in [-0.2, 0) is 0 Å². The Balaban J connectivity index is 1.80. The average Bonchev–Trinajstić information content (AvgIpc) is 2.90. The summed E-state index contributed by atoms with van der Waals surface area (Å²) in [6, 6.07) is 0. The molecule has 1 atom stereocenters. The second kappa shape index (κ2) is 10.9. The van der Waals surface area contributed by atoms with Crippen LogP contribution in [0.1, 0.15) is 96.8 Å². The van der Waals surface area contributed by atoms with Gasteiger partial charge in [-0.3, -0.25) is 0 Å². The SMILES string of the molecule is [CH2]C(CCCCCCCCCCC)C1CCCC1. The Kier molecular flexibility index (Phi) is 9.70. The predicted octanol–water partition coefficient (Wildman–Crippen LogP) is 6.55. The van der Waals surface area contributed by atoms with Crippen LogP contribution >= 0.6 is 0 Å². The molecule has 107 valence electrons. The molecule has 1 unspecified atom stereocenters. The first-order valence-electron chi connectivity index (χ1n) is 8.67. The molecule has 0 aromatic rings. The summed E-state index contributed by atoms with van der Waals surface area (Å²) in [5.41, 5.74) is 0. The van der Waals surface area contributed by atoms with Gasteiger partial charge in [-0.25, -0.2) is 0 Å². The maximum atomic E-state index is 4.39. The van der Waals surface area contributed by atoms with Gasteiger partial charge in [0.05, 0.1) is 0 Å². The van der Waals surface area contributed by atoms with Crippen LogP contribution in [-0.4, -0.2) is 0 Å². The monoisotopic (exact) mass is 251 g/mol. The molecular weight excluding hydrogens is 216 g/mol. The first-order chi connectivity index (χ1) is 8.84.